The van der Waals surface area contributed by atoms with Crippen LogP contribution in [-0.2, 0) is 0 Å². The average Bonchev–Trinajstić information content (AvgIpc) is 2.94. The van der Waals surface area contributed by atoms with Crippen molar-refractivity contribution in [3.63, 3.8) is 0 Å². The van der Waals surface area contributed by atoms with E-state index in [0.29, 0.717) is 13.1 Å². The maximum Gasteiger partial charge on any atom is 0.291 e. The lowest BCUT2D eigenvalue weighted by Crippen LogP contribution is -2.49. The predicted molar refractivity (Wildman–Crippen MR) is 80.4 cm³/mol. The van der Waals surface area contributed by atoms with E-state index in [-0.39, 0.29) is 17.7 Å². The van der Waals surface area contributed by atoms with E-state index in [9.17, 15) is 4.79 Å². The molecule has 7 nitrogen and oxygen atoms in total. The number of carbonyl (C=O) groups excluding carboxylic acids is 1. The minimum Gasteiger partial charge on any atom is -0.368 e. The number of aromatic nitrogens is 3. The molecule has 2 aromatic rings. The van der Waals surface area contributed by atoms with Crippen LogP contribution in [0.1, 0.15) is 10.6 Å². The van der Waals surface area contributed by atoms with Crippen LogP contribution in [0.15, 0.2) is 24.3 Å². The van der Waals surface area contributed by atoms with Gasteiger partial charge in [-0.1, -0.05) is 11.6 Å². The molecule has 1 fully saturated rings. The largest absolute Gasteiger partial charge is 0.368 e. The van der Waals surface area contributed by atoms with Crippen LogP contribution in [0, 0.1) is 0 Å². The number of aromatic amines is 1. The normalized spacial score (nSPS) is 15.3. The van der Waals surface area contributed by atoms with Gasteiger partial charge in [-0.15, -0.1) is 5.10 Å². The predicted octanol–water partition coefficient (Wildman–Crippen LogP) is 1.00. The van der Waals surface area contributed by atoms with Crippen LogP contribution in [0.4, 0.5) is 11.6 Å². The Hall–Kier alpha value is -2.28. The molecule has 3 N–H and O–H groups in total. The third kappa shape index (κ3) is 2.92. The number of H-pyrrole nitrogens is 1. The van der Waals surface area contributed by atoms with Crippen molar-refractivity contribution >= 4 is 29.1 Å². The van der Waals surface area contributed by atoms with Gasteiger partial charge in [0.05, 0.1) is 0 Å². The van der Waals surface area contributed by atoms with Crippen molar-refractivity contribution in [3.05, 3.63) is 35.1 Å². The zero-order chi connectivity index (χ0) is 14.8. The van der Waals surface area contributed by atoms with Crippen molar-refractivity contribution in [2.75, 3.05) is 36.8 Å². The minimum atomic E-state index is -0.171. The Morgan fingerprint density at radius 3 is 2.43 bits per heavy atom. The summed E-state index contributed by atoms with van der Waals surface area (Å²) in [6, 6.07) is 7.70. The first-order valence-corrected chi connectivity index (χ1v) is 6.99. The van der Waals surface area contributed by atoms with Gasteiger partial charge in [-0.3, -0.25) is 9.89 Å². The Labute approximate surface area is 126 Å². The summed E-state index contributed by atoms with van der Waals surface area (Å²) in [7, 11) is 0. The Morgan fingerprint density at radius 2 is 1.86 bits per heavy atom. The highest BCUT2D eigenvalue weighted by molar-refractivity contribution is 6.30. The van der Waals surface area contributed by atoms with Gasteiger partial charge in [-0.2, -0.15) is 4.98 Å². The number of benzene rings is 1. The van der Waals surface area contributed by atoms with E-state index in [1.54, 1.807) is 4.90 Å². The molecule has 0 atom stereocenters. The molecule has 0 radical (unpaired) electrons. The molecule has 8 heteroatoms. The Bertz CT molecular complexity index is 632. The first kappa shape index (κ1) is 13.7. The fourth-order valence-corrected chi connectivity index (χ4v) is 2.47. The van der Waals surface area contributed by atoms with Gasteiger partial charge in [0.2, 0.25) is 11.8 Å². The van der Waals surface area contributed by atoms with Crippen LogP contribution in [-0.4, -0.2) is 52.2 Å². The lowest BCUT2D eigenvalue weighted by Gasteiger charge is -2.35. The first-order valence-electron chi connectivity index (χ1n) is 6.61. The Kier molecular flexibility index (Phi) is 3.66. The molecule has 0 bridgehead atoms. The van der Waals surface area contributed by atoms with Gasteiger partial charge < -0.3 is 15.5 Å². The van der Waals surface area contributed by atoms with Crippen LogP contribution in [0.5, 0.6) is 0 Å². The van der Waals surface area contributed by atoms with Crippen molar-refractivity contribution < 1.29 is 4.79 Å². The van der Waals surface area contributed by atoms with Crippen molar-refractivity contribution in [2.24, 2.45) is 0 Å². The topological polar surface area (TPSA) is 91.1 Å². The molecule has 1 aliphatic rings. The van der Waals surface area contributed by atoms with E-state index in [2.05, 4.69) is 20.1 Å². The highest BCUT2D eigenvalue weighted by atomic mass is 35.5. The molecule has 0 aliphatic carbocycles. The second-order valence-electron chi connectivity index (χ2n) is 4.80. The van der Waals surface area contributed by atoms with Gasteiger partial charge in [-0.25, -0.2) is 0 Å². The van der Waals surface area contributed by atoms with Crippen molar-refractivity contribution in [1.29, 1.82) is 0 Å². The molecule has 1 aromatic heterocycles. The SMILES string of the molecule is Nc1n[nH]c(C(=O)N2CCN(c3ccc(Cl)cc3)CC2)n1. The molecule has 1 aliphatic heterocycles. The number of amides is 1. The number of nitrogens with zero attached hydrogens (tertiary/aromatic N) is 4. The van der Waals surface area contributed by atoms with Gasteiger partial charge in [0.15, 0.2) is 0 Å². The van der Waals surface area contributed by atoms with E-state index < -0.39 is 0 Å². The second kappa shape index (κ2) is 5.61. The summed E-state index contributed by atoms with van der Waals surface area (Å²) >= 11 is 5.89. The molecule has 0 saturated carbocycles. The lowest BCUT2D eigenvalue weighted by atomic mass is 10.2. The summed E-state index contributed by atoms with van der Waals surface area (Å²) in [4.78, 5) is 20.0. The fraction of sp³-hybridized carbons (Fsp3) is 0.308. The number of rotatable bonds is 2. The molecule has 3 rings (SSSR count). The van der Waals surface area contributed by atoms with Gasteiger partial charge in [0.25, 0.3) is 5.91 Å². The van der Waals surface area contributed by atoms with E-state index in [0.717, 1.165) is 23.8 Å². The van der Waals surface area contributed by atoms with E-state index in [1.807, 2.05) is 24.3 Å². The zero-order valence-corrected chi connectivity index (χ0v) is 12.0. The van der Waals surface area contributed by atoms with Crippen LogP contribution in [0.25, 0.3) is 0 Å². The monoisotopic (exact) mass is 306 g/mol. The fourth-order valence-electron chi connectivity index (χ4n) is 2.34. The van der Waals surface area contributed by atoms with E-state index in [1.165, 1.54) is 0 Å². The third-order valence-electron chi connectivity index (χ3n) is 3.46. The summed E-state index contributed by atoms with van der Waals surface area (Å²) in [6.07, 6.45) is 0. The molecule has 21 heavy (non-hydrogen) atoms. The van der Waals surface area contributed by atoms with Crippen molar-refractivity contribution in [3.8, 4) is 0 Å². The molecule has 0 spiro atoms. The Balaban J connectivity index is 1.62. The van der Waals surface area contributed by atoms with E-state index >= 15 is 0 Å². The number of anilines is 2. The molecular weight excluding hydrogens is 292 g/mol. The molecule has 1 aromatic carbocycles. The lowest BCUT2D eigenvalue weighted by molar-refractivity contribution is 0.0735. The van der Waals surface area contributed by atoms with Crippen LogP contribution < -0.4 is 10.6 Å². The summed E-state index contributed by atoms with van der Waals surface area (Å²) in [5, 5.41) is 6.94. The molecular formula is C13H15ClN6O. The quantitative estimate of drug-likeness (QED) is 0.864. The van der Waals surface area contributed by atoms with Crippen LogP contribution in [0.3, 0.4) is 0 Å². The third-order valence-corrected chi connectivity index (χ3v) is 3.72. The molecule has 1 saturated heterocycles. The number of nitrogens with one attached hydrogen (secondary N) is 1. The first-order chi connectivity index (χ1) is 10.1. The van der Waals surface area contributed by atoms with Crippen LogP contribution >= 0.6 is 11.6 Å². The van der Waals surface area contributed by atoms with Crippen molar-refractivity contribution in [1.82, 2.24) is 20.1 Å². The maximum absolute atomic E-state index is 12.2. The van der Waals surface area contributed by atoms with Gasteiger partial charge >= 0.3 is 0 Å². The summed E-state index contributed by atoms with van der Waals surface area (Å²) < 4.78 is 0. The minimum absolute atomic E-state index is 0.0816. The second-order valence-corrected chi connectivity index (χ2v) is 5.23. The highest BCUT2D eigenvalue weighted by Crippen LogP contribution is 2.19. The van der Waals surface area contributed by atoms with Crippen molar-refractivity contribution in [2.45, 2.75) is 0 Å². The zero-order valence-electron chi connectivity index (χ0n) is 11.3. The number of carbonyl (C=O) groups is 1. The number of hydrogen-bond donors (Lipinski definition) is 2. The number of piperazine rings is 1. The molecule has 110 valence electrons. The average molecular weight is 307 g/mol. The summed E-state index contributed by atoms with van der Waals surface area (Å²) in [5.74, 6) is 0.0977. The van der Waals surface area contributed by atoms with Gasteiger partial charge in [-0.05, 0) is 24.3 Å². The maximum atomic E-state index is 12.2. The summed E-state index contributed by atoms with van der Waals surface area (Å²) in [5.41, 5.74) is 6.52. The molecule has 1 amide bonds. The van der Waals surface area contributed by atoms with Crippen LogP contribution in [0.2, 0.25) is 5.02 Å². The highest BCUT2D eigenvalue weighted by Gasteiger charge is 2.24. The Morgan fingerprint density at radius 1 is 1.19 bits per heavy atom. The molecule has 0 unspecified atom stereocenters. The standard InChI is InChI=1S/C13H15ClN6O/c14-9-1-3-10(4-2-9)19-5-7-20(8-6-19)12(21)11-16-13(15)18-17-11/h1-4H,5-8H2,(H3,15,16,17,18). The summed E-state index contributed by atoms with van der Waals surface area (Å²) in [6.45, 7) is 2.78. The number of hydrogen-bond acceptors (Lipinski definition) is 5. The number of halogens is 1. The van der Waals surface area contributed by atoms with E-state index in [4.69, 9.17) is 17.3 Å². The van der Waals surface area contributed by atoms with Gasteiger partial charge in [0.1, 0.15) is 0 Å². The number of nitrogens with two attached hydrogens (primary N) is 1. The molecule has 2 heterocycles. The smallest absolute Gasteiger partial charge is 0.291 e. The van der Waals surface area contributed by atoms with Gasteiger partial charge in [0, 0.05) is 36.9 Å². The number of nitrogen functional groups attached to an aromatic ring is 1.